The summed E-state index contributed by atoms with van der Waals surface area (Å²) >= 11 is 0. The molecule has 0 spiro atoms. The van der Waals surface area contributed by atoms with E-state index in [2.05, 4.69) is 10.4 Å². The van der Waals surface area contributed by atoms with Crippen LogP contribution in [0.3, 0.4) is 0 Å². The van der Waals surface area contributed by atoms with Crippen LogP contribution in [0.1, 0.15) is 35.7 Å². The number of hydrogen-bond acceptors (Lipinski definition) is 3. The average Bonchev–Trinajstić information content (AvgIpc) is 3.22. The molecule has 31 heavy (non-hydrogen) atoms. The maximum absolute atomic E-state index is 13.1. The molecule has 4 rings (SSSR count). The zero-order valence-electron chi connectivity index (χ0n) is 17.5. The number of rotatable bonds is 6. The molecule has 7 heteroatoms. The molecule has 0 atom stereocenters. The maximum atomic E-state index is 13.1. The minimum atomic E-state index is -0.493. The van der Waals surface area contributed by atoms with Crippen molar-refractivity contribution in [1.29, 1.82) is 0 Å². The Bertz CT molecular complexity index is 1200. The van der Waals surface area contributed by atoms with Gasteiger partial charge in [-0.1, -0.05) is 61.4 Å². The lowest BCUT2D eigenvalue weighted by Gasteiger charge is -2.11. The summed E-state index contributed by atoms with van der Waals surface area (Å²) in [4.78, 5) is 39.6. The van der Waals surface area contributed by atoms with E-state index in [1.54, 1.807) is 0 Å². The molecule has 1 aliphatic rings. The standard InChI is InChI=1S/C24H24N4O3/c1-3-7-20-19(22(29)28(26-20)18-8-5-4-6-9-18)14-21-23(30)27(24(31)25-21)15-17-12-10-16(2)11-13-17/h4-6,8-14,26H,3,7,15H2,1-2H3,(H,25,31). The predicted octanol–water partition coefficient (Wildman–Crippen LogP) is 3.52. The Morgan fingerprint density at radius 1 is 0.968 bits per heavy atom. The van der Waals surface area contributed by atoms with Crippen LogP contribution in [0.15, 0.2) is 65.1 Å². The molecule has 3 aromatic rings. The SMILES string of the molecule is CCCc1[nH]n(-c2ccccc2)c(=O)c1C=C1NC(=O)N(Cc2ccc(C)cc2)C1=O. The summed E-state index contributed by atoms with van der Waals surface area (Å²) in [5.41, 5.74) is 3.61. The van der Waals surface area contributed by atoms with Gasteiger partial charge < -0.3 is 5.32 Å². The largest absolute Gasteiger partial charge is 0.329 e. The Kier molecular flexibility index (Phi) is 5.58. The number of benzene rings is 2. The molecule has 1 aromatic heterocycles. The van der Waals surface area contributed by atoms with Gasteiger partial charge in [0.1, 0.15) is 5.70 Å². The highest BCUT2D eigenvalue weighted by molar-refractivity contribution is 6.13. The Morgan fingerprint density at radius 2 is 1.68 bits per heavy atom. The quantitative estimate of drug-likeness (QED) is 0.476. The molecule has 1 fully saturated rings. The number of carbonyl (C=O) groups excluding carboxylic acids is 2. The Labute approximate surface area is 180 Å². The van der Waals surface area contributed by atoms with Gasteiger partial charge in [-0.3, -0.25) is 19.6 Å². The molecule has 2 aromatic carbocycles. The molecule has 1 saturated heterocycles. The van der Waals surface area contributed by atoms with Gasteiger partial charge in [0.15, 0.2) is 0 Å². The summed E-state index contributed by atoms with van der Waals surface area (Å²) in [5.74, 6) is -0.445. The molecule has 0 bridgehead atoms. The van der Waals surface area contributed by atoms with E-state index in [4.69, 9.17) is 0 Å². The normalized spacial score (nSPS) is 15.0. The third kappa shape index (κ3) is 4.07. The van der Waals surface area contributed by atoms with E-state index in [0.717, 1.165) is 28.1 Å². The Morgan fingerprint density at radius 3 is 2.35 bits per heavy atom. The second kappa shape index (κ2) is 8.47. The lowest BCUT2D eigenvalue weighted by Crippen LogP contribution is -2.30. The molecule has 0 unspecified atom stereocenters. The van der Waals surface area contributed by atoms with Gasteiger partial charge in [-0.05, 0) is 37.1 Å². The van der Waals surface area contributed by atoms with Gasteiger partial charge >= 0.3 is 6.03 Å². The van der Waals surface area contributed by atoms with Crippen LogP contribution in [0.5, 0.6) is 0 Å². The second-order valence-electron chi connectivity index (χ2n) is 7.60. The van der Waals surface area contributed by atoms with Crippen LogP contribution in [0.4, 0.5) is 4.79 Å². The first-order valence-corrected chi connectivity index (χ1v) is 10.3. The third-order valence-electron chi connectivity index (χ3n) is 5.23. The van der Waals surface area contributed by atoms with E-state index in [1.165, 1.54) is 10.8 Å². The summed E-state index contributed by atoms with van der Waals surface area (Å²) < 4.78 is 1.46. The molecule has 0 radical (unpaired) electrons. The van der Waals surface area contributed by atoms with Gasteiger partial charge in [0.2, 0.25) is 0 Å². The highest BCUT2D eigenvalue weighted by Crippen LogP contribution is 2.18. The number of aromatic amines is 1. The van der Waals surface area contributed by atoms with Crippen LogP contribution in [-0.4, -0.2) is 26.6 Å². The van der Waals surface area contributed by atoms with Gasteiger partial charge in [-0.25, -0.2) is 9.48 Å². The molecule has 7 nitrogen and oxygen atoms in total. The fraction of sp³-hybridized carbons (Fsp3) is 0.208. The summed E-state index contributed by atoms with van der Waals surface area (Å²) in [7, 11) is 0. The number of aryl methyl sites for hydroxylation is 2. The molecule has 158 valence electrons. The number of carbonyl (C=O) groups is 2. The van der Waals surface area contributed by atoms with Gasteiger partial charge in [0.25, 0.3) is 11.5 Å². The van der Waals surface area contributed by atoms with Crippen molar-refractivity contribution in [2.75, 3.05) is 0 Å². The highest BCUT2D eigenvalue weighted by Gasteiger charge is 2.34. The smallest absolute Gasteiger partial charge is 0.303 e. The number of nitrogens with zero attached hydrogens (tertiary/aromatic N) is 2. The molecule has 0 saturated carbocycles. The summed E-state index contributed by atoms with van der Waals surface area (Å²) in [6.07, 6.45) is 2.95. The number of aromatic nitrogens is 2. The van der Waals surface area contributed by atoms with Crippen molar-refractivity contribution in [2.45, 2.75) is 33.2 Å². The number of amides is 3. The van der Waals surface area contributed by atoms with Crippen LogP contribution in [-0.2, 0) is 17.8 Å². The fourth-order valence-corrected chi connectivity index (χ4v) is 3.58. The predicted molar refractivity (Wildman–Crippen MR) is 119 cm³/mol. The van der Waals surface area contributed by atoms with Crippen LogP contribution < -0.4 is 10.9 Å². The van der Waals surface area contributed by atoms with E-state index in [9.17, 15) is 14.4 Å². The van der Waals surface area contributed by atoms with Crippen LogP contribution in [0, 0.1) is 6.92 Å². The van der Waals surface area contributed by atoms with E-state index in [0.29, 0.717) is 17.7 Å². The number of urea groups is 1. The minimum absolute atomic E-state index is 0.103. The number of para-hydroxylation sites is 1. The molecule has 2 N–H and O–H groups in total. The lowest BCUT2D eigenvalue weighted by atomic mass is 10.1. The third-order valence-corrected chi connectivity index (χ3v) is 5.23. The Hall–Kier alpha value is -3.87. The van der Waals surface area contributed by atoms with Gasteiger partial charge in [0.05, 0.1) is 17.8 Å². The number of imide groups is 1. The van der Waals surface area contributed by atoms with Gasteiger partial charge in [0, 0.05) is 5.69 Å². The fourth-order valence-electron chi connectivity index (χ4n) is 3.58. The van der Waals surface area contributed by atoms with Crippen molar-refractivity contribution in [2.24, 2.45) is 0 Å². The Balaban J connectivity index is 1.67. The highest BCUT2D eigenvalue weighted by atomic mass is 16.2. The molecule has 2 heterocycles. The second-order valence-corrected chi connectivity index (χ2v) is 7.60. The lowest BCUT2D eigenvalue weighted by molar-refractivity contribution is -0.123. The van der Waals surface area contributed by atoms with Crippen LogP contribution in [0.2, 0.25) is 0 Å². The molecule has 3 amide bonds. The maximum Gasteiger partial charge on any atom is 0.329 e. The van der Waals surface area contributed by atoms with Gasteiger partial charge in [-0.15, -0.1) is 0 Å². The number of hydrogen-bond donors (Lipinski definition) is 2. The number of nitrogens with one attached hydrogen (secondary N) is 2. The van der Waals surface area contributed by atoms with Crippen molar-refractivity contribution in [3.05, 3.63) is 93.0 Å². The zero-order chi connectivity index (χ0) is 22.0. The van der Waals surface area contributed by atoms with E-state index >= 15 is 0 Å². The minimum Gasteiger partial charge on any atom is -0.303 e. The van der Waals surface area contributed by atoms with Crippen molar-refractivity contribution in [3.8, 4) is 5.69 Å². The van der Waals surface area contributed by atoms with E-state index < -0.39 is 11.9 Å². The van der Waals surface area contributed by atoms with Crippen LogP contribution in [0.25, 0.3) is 11.8 Å². The topological polar surface area (TPSA) is 87.2 Å². The summed E-state index contributed by atoms with van der Waals surface area (Å²) in [5, 5.41) is 5.76. The molecular formula is C24H24N4O3. The summed E-state index contributed by atoms with van der Waals surface area (Å²) in [6.45, 7) is 4.16. The molecular weight excluding hydrogens is 392 g/mol. The molecule has 1 aliphatic heterocycles. The molecule has 0 aliphatic carbocycles. The zero-order valence-corrected chi connectivity index (χ0v) is 17.5. The first-order valence-electron chi connectivity index (χ1n) is 10.3. The van der Waals surface area contributed by atoms with Crippen LogP contribution >= 0.6 is 0 Å². The first-order chi connectivity index (χ1) is 15.0. The van der Waals surface area contributed by atoms with E-state index in [1.807, 2.05) is 68.4 Å². The van der Waals surface area contributed by atoms with Gasteiger partial charge in [-0.2, -0.15) is 0 Å². The monoisotopic (exact) mass is 416 g/mol. The average molecular weight is 416 g/mol. The van der Waals surface area contributed by atoms with Crippen molar-refractivity contribution < 1.29 is 9.59 Å². The van der Waals surface area contributed by atoms with Crippen molar-refractivity contribution >= 4 is 18.0 Å². The van der Waals surface area contributed by atoms with Crippen molar-refractivity contribution in [1.82, 2.24) is 20.0 Å². The van der Waals surface area contributed by atoms with Crippen molar-refractivity contribution in [3.63, 3.8) is 0 Å². The summed E-state index contributed by atoms with van der Waals surface area (Å²) in [6, 6.07) is 16.4. The first kappa shape index (κ1) is 20.4. The van der Waals surface area contributed by atoms with E-state index in [-0.39, 0.29) is 17.8 Å². The number of H-pyrrole nitrogens is 1.